The highest BCUT2D eigenvalue weighted by Gasteiger charge is 2.53. The molecule has 0 amide bonds. The van der Waals surface area contributed by atoms with Crippen LogP contribution < -0.4 is 0 Å². The van der Waals surface area contributed by atoms with Crippen LogP contribution in [-0.2, 0) is 4.79 Å². The molecule has 2 saturated carbocycles. The molecule has 0 radical (unpaired) electrons. The van der Waals surface area contributed by atoms with Crippen LogP contribution in [0.1, 0.15) is 59.3 Å². The minimum atomic E-state index is 0.364. The molecule has 2 fully saturated rings. The zero-order valence-electron chi connectivity index (χ0n) is 9.73. The molecule has 0 spiro atoms. The second-order valence-corrected chi connectivity index (χ2v) is 6.04. The van der Waals surface area contributed by atoms with Crippen molar-refractivity contribution in [1.82, 2.24) is 0 Å². The van der Waals surface area contributed by atoms with Crippen LogP contribution >= 0.6 is 0 Å². The molecule has 0 aromatic heterocycles. The average Bonchev–Trinajstić information content (AvgIpc) is 2.37. The minimum Gasteiger partial charge on any atom is -0.300 e. The van der Waals surface area contributed by atoms with Crippen molar-refractivity contribution in [3.05, 3.63) is 0 Å². The molecule has 0 aromatic carbocycles. The van der Waals surface area contributed by atoms with Gasteiger partial charge in [-0.15, -0.1) is 0 Å². The van der Waals surface area contributed by atoms with Crippen molar-refractivity contribution >= 4 is 5.78 Å². The van der Waals surface area contributed by atoms with Crippen LogP contribution in [0.25, 0.3) is 0 Å². The van der Waals surface area contributed by atoms with Crippen LogP contribution in [0.2, 0.25) is 0 Å². The molecule has 1 unspecified atom stereocenters. The Kier molecular flexibility index (Phi) is 2.24. The van der Waals surface area contributed by atoms with E-state index in [9.17, 15) is 4.79 Å². The third kappa shape index (κ3) is 1.32. The average molecular weight is 194 g/mol. The number of fused-ring (bicyclic) bond motifs is 1. The van der Waals surface area contributed by atoms with E-state index in [1.54, 1.807) is 6.92 Å². The highest BCUT2D eigenvalue weighted by molar-refractivity contribution is 5.78. The van der Waals surface area contributed by atoms with Gasteiger partial charge in [0, 0.05) is 5.92 Å². The first-order valence-corrected chi connectivity index (χ1v) is 5.97. The largest absolute Gasteiger partial charge is 0.300 e. The van der Waals surface area contributed by atoms with E-state index in [2.05, 4.69) is 13.8 Å². The van der Waals surface area contributed by atoms with Crippen molar-refractivity contribution in [2.45, 2.75) is 59.3 Å². The molecule has 0 aromatic rings. The maximum atomic E-state index is 11.5. The Morgan fingerprint density at radius 1 is 1.07 bits per heavy atom. The van der Waals surface area contributed by atoms with Crippen LogP contribution in [0, 0.1) is 16.7 Å². The monoisotopic (exact) mass is 194 g/mol. The third-order valence-electron chi connectivity index (χ3n) is 5.13. The maximum Gasteiger partial charge on any atom is 0.132 e. The summed E-state index contributed by atoms with van der Waals surface area (Å²) in [7, 11) is 0. The summed E-state index contributed by atoms with van der Waals surface area (Å²) in [6, 6.07) is 0. The molecule has 1 heteroatoms. The first kappa shape index (κ1) is 10.2. The van der Waals surface area contributed by atoms with Crippen LogP contribution in [-0.4, -0.2) is 5.78 Å². The molecule has 1 nitrogen and oxygen atoms in total. The molecule has 0 saturated heterocycles. The maximum absolute atomic E-state index is 11.5. The molecule has 0 N–H and O–H groups in total. The van der Waals surface area contributed by atoms with E-state index in [1.807, 2.05) is 0 Å². The fourth-order valence-electron chi connectivity index (χ4n) is 3.78. The lowest BCUT2D eigenvalue weighted by Gasteiger charge is -2.45. The highest BCUT2D eigenvalue weighted by Crippen LogP contribution is 2.62. The van der Waals surface area contributed by atoms with E-state index in [0.29, 0.717) is 22.5 Å². The molecule has 0 aliphatic heterocycles. The Morgan fingerprint density at radius 3 is 1.86 bits per heavy atom. The number of ketones is 1. The van der Waals surface area contributed by atoms with Gasteiger partial charge in [-0.05, 0) is 43.4 Å². The predicted molar refractivity (Wildman–Crippen MR) is 58.1 cm³/mol. The van der Waals surface area contributed by atoms with E-state index < -0.39 is 0 Å². The van der Waals surface area contributed by atoms with E-state index in [1.165, 1.54) is 25.7 Å². The number of hydrogen-bond donors (Lipinski definition) is 0. The quantitative estimate of drug-likeness (QED) is 0.623. The van der Waals surface area contributed by atoms with Gasteiger partial charge >= 0.3 is 0 Å². The number of Topliss-reactive ketones (excluding diaryl/α,β-unsaturated/α-hetero) is 1. The molecule has 3 atom stereocenters. The van der Waals surface area contributed by atoms with Crippen LogP contribution in [0.15, 0.2) is 0 Å². The molecule has 2 aliphatic rings. The van der Waals surface area contributed by atoms with Crippen molar-refractivity contribution in [3.63, 3.8) is 0 Å². The Hall–Kier alpha value is -0.330. The van der Waals surface area contributed by atoms with Crippen molar-refractivity contribution in [3.8, 4) is 0 Å². The zero-order valence-corrected chi connectivity index (χ0v) is 9.73. The number of rotatable bonds is 1. The van der Waals surface area contributed by atoms with E-state index >= 15 is 0 Å². The number of hydrogen-bond acceptors (Lipinski definition) is 1. The van der Waals surface area contributed by atoms with Crippen LogP contribution in [0.5, 0.6) is 0 Å². The predicted octanol–water partition coefficient (Wildman–Crippen LogP) is 3.57. The fraction of sp³-hybridized carbons (Fsp3) is 0.923. The Balaban J connectivity index is 2.23. The van der Waals surface area contributed by atoms with Crippen molar-refractivity contribution in [2.75, 3.05) is 0 Å². The number of carbonyl (C=O) groups excluding carboxylic acids is 1. The second-order valence-electron chi connectivity index (χ2n) is 6.04. The van der Waals surface area contributed by atoms with Gasteiger partial charge in [0.15, 0.2) is 0 Å². The van der Waals surface area contributed by atoms with Crippen molar-refractivity contribution in [2.24, 2.45) is 16.7 Å². The summed E-state index contributed by atoms with van der Waals surface area (Å²) in [5.41, 5.74) is 0.920. The molecule has 2 aliphatic carbocycles. The lowest BCUT2D eigenvalue weighted by atomic mass is 9.60. The van der Waals surface area contributed by atoms with Crippen molar-refractivity contribution < 1.29 is 4.79 Å². The summed E-state index contributed by atoms with van der Waals surface area (Å²) < 4.78 is 0. The summed E-state index contributed by atoms with van der Waals surface area (Å²) in [6.07, 6.45) is 7.73. The van der Waals surface area contributed by atoms with Gasteiger partial charge in [0.05, 0.1) is 0 Å². The second kappa shape index (κ2) is 3.08. The van der Waals surface area contributed by atoms with Crippen LogP contribution in [0.4, 0.5) is 0 Å². The summed E-state index contributed by atoms with van der Waals surface area (Å²) >= 11 is 0. The summed E-state index contributed by atoms with van der Waals surface area (Å²) in [5.74, 6) is 0.782. The summed E-state index contributed by atoms with van der Waals surface area (Å²) in [6.45, 7) is 6.60. The van der Waals surface area contributed by atoms with E-state index in [-0.39, 0.29) is 0 Å². The van der Waals surface area contributed by atoms with Gasteiger partial charge in [-0.25, -0.2) is 0 Å². The lowest BCUT2D eigenvalue weighted by Crippen LogP contribution is -2.35. The smallest absolute Gasteiger partial charge is 0.132 e. The highest BCUT2D eigenvalue weighted by atomic mass is 16.1. The zero-order chi connectivity index (χ0) is 10.4. The molecular weight excluding hydrogens is 172 g/mol. The first-order valence-electron chi connectivity index (χ1n) is 5.97. The Labute approximate surface area is 87.3 Å². The minimum absolute atomic E-state index is 0.364. The standard InChI is InChI=1S/C13H22O/c1-10(14)11-8-12(2)6-4-5-7-13(12,3)9-11/h11H,4-9H2,1-3H3/t11?,12-,13+. The first-order chi connectivity index (χ1) is 6.47. The molecule has 0 bridgehead atoms. The Morgan fingerprint density at radius 2 is 1.50 bits per heavy atom. The summed E-state index contributed by atoms with van der Waals surface area (Å²) in [4.78, 5) is 11.5. The normalized spacial score (nSPS) is 47.5. The SMILES string of the molecule is CC(=O)C1C[C@]2(C)CCCC[C@]2(C)C1. The summed E-state index contributed by atoms with van der Waals surface area (Å²) in [5, 5.41) is 0. The fourth-order valence-corrected chi connectivity index (χ4v) is 3.78. The van der Waals surface area contributed by atoms with Crippen molar-refractivity contribution in [1.29, 1.82) is 0 Å². The van der Waals surface area contributed by atoms with Gasteiger partial charge in [0.2, 0.25) is 0 Å². The Bertz CT molecular complexity index is 238. The van der Waals surface area contributed by atoms with Gasteiger partial charge < -0.3 is 0 Å². The number of carbonyl (C=O) groups is 1. The molecular formula is C13H22O. The molecule has 0 heterocycles. The topological polar surface area (TPSA) is 17.1 Å². The molecule has 2 rings (SSSR count). The van der Waals surface area contributed by atoms with Gasteiger partial charge in [-0.2, -0.15) is 0 Å². The molecule has 14 heavy (non-hydrogen) atoms. The third-order valence-corrected chi connectivity index (χ3v) is 5.13. The van der Waals surface area contributed by atoms with Gasteiger partial charge in [0.25, 0.3) is 0 Å². The molecule has 80 valence electrons. The van der Waals surface area contributed by atoms with Gasteiger partial charge in [-0.1, -0.05) is 26.7 Å². The van der Waals surface area contributed by atoms with Crippen LogP contribution in [0.3, 0.4) is 0 Å². The van der Waals surface area contributed by atoms with E-state index in [4.69, 9.17) is 0 Å². The lowest BCUT2D eigenvalue weighted by molar-refractivity contribution is -0.120. The van der Waals surface area contributed by atoms with Gasteiger partial charge in [-0.3, -0.25) is 4.79 Å². The van der Waals surface area contributed by atoms with E-state index in [0.717, 1.165) is 12.8 Å². The van der Waals surface area contributed by atoms with Gasteiger partial charge in [0.1, 0.15) is 5.78 Å².